The molecule has 0 saturated heterocycles. The lowest BCUT2D eigenvalue weighted by molar-refractivity contribution is 0.102. The number of aromatic hydroxyl groups is 1. The molecule has 1 aromatic heterocycles. The summed E-state index contributed by atoms with van der Waals surface area (Å²) >= 11 is 1.56. The zero-order valence-electron chi connectivity index (χ0n) is 12.9. The minimum absolute atomic E-state index is 0.0310. The van der Waals surface area contributed by atoms with Crippen molar-refractivity contribution in [2.24, 2.45) is 0 Å². The number of carbonyl (C=O) groups is 2. The van der Waals surface area contributed by atoms with Gasteiger partial charge in [0, 0.05) is 11.3 Å². The van der Waals surface area contributed by atoms with Crippen molar-refractivity contribution in [3.63, 3.8) is 0 Å². The number of phenols is 1. The summed E-state index contributed by atoms with van der Waals surface area (Å²) in [5, 5.41) is 27.4. The Balaban J connectivity index is 1.78. The van der Waals surface area contributed by atoms with Gasteiger partial charge >= 0.3 is 6.09 Å². The van der Waals surface area contributed by atoms with Crippen LogP contribution in [0.1, 0.15) is 10.4 Å². The van der Waals surface area contributed by atoms with Crippen LogP contribution in [0, 0.1) is 0 Å². The van der Waals surface area contributed by atoms with Crippen molar-refractivity contribution in [2.45, 2.75) is 0 Å². The molecule has 4 N–H and O–H groups in total. The lowest BCUT2D eigenvalue weighted by Crippen LogP contribution is -2.12. The second kappa shape index (κ2) is 7.06. The van der Waals surface area contributed by atoms with Gasteiger partial charge in [-0.3, -0.25) is 10.1 Å². The lowest BCUT2D eigenvalue weighted by atomic mass is 10.1. The van der Waals surface area contributed by atoms with Gasteiger partial charge in [0.2, 0.25) is 0 Å². The molecule has 3 rings (SSSR count). The van der Waals surface area contributed by atoms with E-state index in [0.717, 1.165) is 11.1 Å². The van der Waals surface area contributed by atoms with Gasteiger partial charge in [-0.25, -0.2) is 4.79 Å². The molecule has 0 spiro atoms. The molecule has 0 aliphatic carbocycles. The Morgan fingerprint density at radius 1 is 0.920 bits per heavy atom. The summed E-state index contributed by atoms with van der Waals surface area (Å²) in [4.78, 5) is 22.9. The first-order chi connectivity index (χ1) is 12.0. The molecular weight excluding hydrogens is 340 g/mol. The number of thiophene rings is 1. The van der Waals surface area contributed by atoms with Crippen molar-refractivity contribution in [1.29, 1.82) is 0 Å². The van der Waals surface area contributed by atoms with E-state index in [9.17, 15) is 14.7 Å². The number of phenolic OH excluding ortho intramolecular Hbond substituents is 1. The van der Waals surface area contributed by atoms with Crippen LogP contribution >= 0.6 is 11.3 Å². The highest BCUT2D eigenvalue weighted by Crippen LogP contribution is 2.31. The average molecular weight is 354 g/mol. The van der Waals surface area contributed by atoms with E-state index in [1.54, 1.807) is 23.5 Å². The Morgan fingerprint density at radius 2 is 1.68 bits per heavy atom. The van der Waals surface area contributed by atoms with Crippen LogP contribution < -0.4 is 10.6 Å². The normalized spacial score (nSPS) is 10.2. The third-order valence-electron chi connectivity index (χ3n) is 3.50. The number of rotatable bonds is 4. The summed E-state index contributed by atoms with van der Waals surface area (Å²) in [7, 11) is 0. The summed E-state index contributed by atoms with van der Waals surface area (Å²) in [5.41, 5.74) is 2.91. The highest BCUT2D eigenvalue weighted by Gasteiger charge is 2.11. The Hall–Kier alpha value is -3.32. The summed E-state index contributed by atoms with van der Waals surface area (Å²) in [6.45, 7) is 0. The van der Waals surface area contributed by atoms with Crippen molar-refractivity contribution in [3.8, 4) is 16.9 Å². The fourth-order valence-electron chi connectivity index (χ4n) is 2.27. The second-order valence-corrected chi connectivity index (χ2v) is 5.99. The number of carboxylic acid groups (broad SMARTS) is 1. The van der Waals surface area contributed by atoms with Crippen LogP contribution in [0.2, 0.25) is 0 Å². The first-order valence-corrected chi connectivity index (χ1v) is 8.24. The van der Waals surface area contributed by atoms with Gasteiger partial charge in [0.25, 0.3) is 5.91 Å². The molecule has 6 nitrogen and oxygen atoms in total. The monoisotopic (exact) mass is 354 g/mol. The van der Waals surface area contributed by atoms with E-state index in [4.69, 9.17) is 5.11 Å². The van der Waals surface area contributed by atoms with E-state index >= 15 is 0 Å². The van der Waals surface area contributed by atoms with Crippen molar-refractivity contribution in [1.82, 2.24) is 0 Å². The van der Waals surface area contributed by atoms with Gasteiger partial charge in [-0.2, -0.15) is 11.3 Å². The van der Waals surface area contributed by atoms with E-state index < -0.39 is 12.0 Å². The number of amides is 2. The van der Waals surface area contributed by atoms with Crippen LogP contribution in [0.5, 0.6) is 5.75 Å². The lowest BCUT2D eigenvalue weighted by Gasteiger charge is -2.10. The maximum Gasteiger partial charge on any atom is 0.409 e. The maximum atomic E-state index is 12.3. The van der Waals surface area contributed by atoms with E-state index in [1.807, 2.05) is 16.8 Å². The molecule has 2 amide bonds. The van der Waals surface area contributed by atoms with Gasteiger partial charge in [0.05, 0.1) is 5.69 Å². The number of carbonyl (C=O) groups excluding carboxylic acids is 1. The minimum Gasteiger partial charge on any atom is -0.506 e. The highest BCUT2D eigenvalue weighted by molar-refractivity contribution is 7.08. The van der Waals surface area contributed by atoms with Gasteiger partial charge in [0.1, 0.15) is 5.75 Å². The molecule has 0 radical (unpaired) electrons. The highest BCUT2D eigenvalue weighted by atomic mass is 32.1. The fraction of sp³-hybridized carbons (Fsp3) is 0. The Labute approximate surface area is 147 Å². The predicted molar refractivity (Wildman–Crippen MR) is 97.5 cm³/mol. The first kappa shape index (κ1) is 16.5. The summed E-state index contributed by atoms with van der Waals surface area (Å²) in [6.07, 6.45) is -1.17. The predicted octanol–water partition coefficient (Wildman–Crippen LogP) is 4.46. The number of nitrogens with one attached hydrogen (secondary N) is 2. The molecule has 7 heteroatoms. The number of hydrogen-bond donors (Lipinski definition) is 4. The van der Waals surface area contributed by atoms with E-state index in [1.165, 1.54) is 30.3 Å². The number of benzene rings is 2. The standard InChI is InChI=1S/C18H14N2O4S/c21-16-6-3-12(13-7-8-25-10-13)9-15(16)20-17(22)11-1-4-14(5-2-11)19-18(23)24/h1-10,19,21H,(H,20,22)(H,23,24). The van der Waals surface area contributed by atoms with Crippen LogP contribution in [0.3, 0.4) is 0 Å². The zero-order chi connectivity index (χ0) is 17.8. The van der Waals surface area contributed by atoms with Crippen LogP contribution in [-0.4, -0.2) is 22.2 Å². The van der Waals surface area contributed by atoms with Crippen molar-refractivity contribution in [2.75, 3.05) is 10.6 Å². The molecule has 0 aliphatic rings. The van der Waals surface area contributed by atoms with Crippen molar-refractivity contribution >= 4 is 34.7 Å². The van der Waals surface area contributed by atoms with Gasteiger partial charge in [-0.1, -0.05) is 6.07 Å². The van der Waals surface area contributed by atoms with E-state index in [-0.39, 0.29) is 5.75 Å². The van der Waals surface area contributed by atoms with Gasteiger partial charge in [-0.15, -0.1) is 0 Å². The van der Waals surface area contributed by atoms with Crippen LogP contribution in [-0.2, 0) is 0 Å². The minimum atomic E-state index is -1.17. The summed E-state index contributed by atoms with van der Waals surface area (Å²) in [5.74, 6) is -0.434. The molecule has 3 aromatic rings. The van der Waals surface area contributed by atoms with Crippen LogP contribution in [0.25, 0.3) is 11.1 Å². The molecular formula is C18H14N2O4S. The van der Waals surface area contributed by atoms with Crippen LogP contribution in [0.15, 0.2) is 59.3 Å². The van der Waals surface area contributed by atoms with Gasteiger partial charge in [-0.05, 0) is 64.4 Å². The number of hydrogen-bond acceptors (Lipinski definition) is 4. The van der Waals surface area contributed by atoms with Gasteiger partial charge in [0.15, 0.2) is 0 Å². The molecule has 25 heavy (non-hydrogen) atoms. The fourth-order valence-corrected chi connectivity index (χ4v) is 2.93. The zero-order valence-corrected chi connectivity index (χ0v) is 13.7. The molecule has 2 aromatic carbocycles. The summed E-state index contributed by atoms with van der Waals surface area (Å²) < 4.78 is 0. The molecule has 0 bridgehead atoms. The topological polar surface area (TPSA) is 98.7 Å². The Kier molecular flexibility index (Phi) is 4.67. The molecule has 0 atom stereocenters. The SMILES string of the molecule is O=C(O)Nc1ccc(C(=O)Nc2cc(-c3ccsc3)ccc2O)cc1. The smallest absolute Gasteiger partial charge is 0.409 e. The van der Waals surface area contributed by atoms with Gasteiger partial charge < -0.3 is 15.5 Å². The maximum absolute atomic E-state index is 12.3. The molecule has 0 aliphatic heterocycles. The Bertz CT molecular complexity index is 905. The number of anilines is 2. The third kappa shape index (κ3) is 3.96. The molecule has 126 valence electrons. The Morgan fingerprint density at radius 3 is 2.32 bits per heavy atom. The largest absolute Gasteiger partial charge is 0.506 e. The molecule has 1 heterocycles. The van der Waals surface area contributed by atoms with Crippen LogP contribution in [0.4, 0.5) is 16.2 Å². The first-order valence-electron chi connectivity index (χ1n) is 7.30. The quantitative estimate of drug-likeness (QED) is 0.520. The second-order valence-electron chi connectivity index (χ2n) is 5.21. The third-order valence-corrected chi connectivity index (χ3v) is 4.18. The molecule has 0 unspecified atom stereocenters. The van der Waals surface area contributed by atoms with Crippen molar-refractivity contribution in [3.05, 3.63) is 64.9 Å². The molecule has 0 fully saturated rings. The molecule has 0 saturated carbocycles. The summed E-state index contributed by atoms with van der Waals surface area (Å²) in [6, 6.07) is 12.9. The average Bonchev–Trinajstić information content (AvgIpc) is 3.11. The van der Waals surface area contributed by atoms with E-state index in [0.29, 0.717) is 16.9 Å². The van der Waals surface area contributed by atoms with E-state index in [2.05, 4.69) is 10.6 Å². The van der Waals surface area contributed by atoms with Crippen molar-refractivity contribution < 1.29 is 19.8 Å².